The summed E-state index contributed by atoms with van der Waals surface area (Å²) >= 11 is 0. The normalized spacial score (nSPS) is 31.9. The number of aliphatic hydroxyl groups is 2. The average Bonchev–Trinajstić information content (AvgIpc) is 2.71. The van der Waals surface area contributed by atoms with Crippen molar-refractivity contribution < 1.29 is 19.3 Å². The predicted octanol–water partition coefficient (Wildman–Crippen LogP) is -1.11. The van der Waals surface area contributed by atoms with Crippen LogP contribution in [0.25, 0.3) is 10.4 Å². The summed E-state index contributed by atoms with van der Waals surface area (Å²) in [6.07, 6.45) is -4.50. The van der Waals surface area contributed by atoms with E-state index in [-0.39, 0.29) is 5.49 Å². The van der Waals surface area contributed by atoms with E-state index in [9.17, 15) is 19.4 Å². The first-order valence-electron chi connectivity index (χ1n) is 5.88. The van der Waals surface area contributed by atoms with Crippen molar-refractivity contribution in [1.82, 2.24) is 9.13 Å². The molecule has 0 saturated carbocycles. The highest BCUT2D eigenvalue weighted by atomic mass is 19.1. The molecule has 0 unspecified atom stereocenters. The van der Waals surface area contributed by atoms with Gasteiger partial charge in [-0.15, -0.1) is 0 Å². The lowest BCUT2D eigenvalue weighted by atomic mass is 10.1. The highest BCUT2D eigenvalue weighted by molar-refractivity contribution is 5.01. The van der Waals surface area contributed by atoms with Gasteiger partial charge in [-0.3, -0.25) is 14.5 Å². The molecular weight excluding hydrogens is 287 g/mol. The van der Waals surface area contributed by atoms with Gasteiger partial charge in [-0.1, -0.05) is 5.11 Å². The minimum atomic E-state index is -2.20. The molecule has 1 aromatic rings. The summed E-state index contributed by atoms with van der Waals surface area (Å²) in [6.45, 7) is -0.952. The Hall–Kier alpha value is -2.20. The Labute approximate surface area is 116 Å². The lowest BCUT2D eigenvalue weighted by Crippen LogP contribution is -2.43. The quantitative estimate of drug-likeness (QED) is 0.368. The molecule has 3 N–H and O–H groups in total. The summed E-state index contributed by atoms with van der Waals surface area (Å²) in [5.41, 5.74) is 5.40. The Morgan fingerprint density at radius 1 is 1.71 bits per heavy atom. The Kier molecular flexibility index (Phi) is 3.83. The molecule has 1 saturated heterocycles. The Morgan fingerprint density at radius 2 is 2.38 bits per heavy atom. The number of hydrogen-bond donors (Lipinski definition) is 3. The van der Waals surface area contributed by atoms with Crippen molar-refractivity contribution in [2.45, 2.75) is 24.2 Å². The maximum atomic E-state index is 14.2. The van der Waals surface area contributed by atoms with Crippen LogP contribution in [0.15, 0.2) is 22.2 Å². The molecule has 11 heteroatoms. The maximum absolute atomic E-state index is 14.2. The van der Waals surface area contributed by atoms with Crippen molar-refractivity contribution in [1.29, 1.82) is 5.41 Å². The minimum Gasteiger partial charge on any atom is -0.393 e. The van der Waals surface area contributed by atoms with Crippen molar-refractivity contribution in [2.24, 2.45) is 12.2 Å². The van der Waals surface area contributed by atoms with Gasteiger partial charge in [0.2, 0.25) is 5.72 Å². The van der Waals surface area contributed by atoms with Gasteiger partial charge in [0.05, 0.1) is 6.61 Å². The Bertz CT molecular complexity index is 710. The van der Waals surface area contributed by atoms with Gasteiger partial charge in [-0.2, -0.15) is 0 Å². The number of aliphatic hydroxyl groups excluding tert-OH is 2. The zero-order chi connectivity index (χ0) is 15.8. The van der Waals surface area contributed by atoms with Crippen LogP contribution in [0.3, 0.4) is 0 Å². The minimum absolute atomic E-state index is 0.103. The topological polar surface area (TPSA) is 149 Å². The summed E-state index contributed by atoms with van der Waals surface area (Å²) in [5.74, 6) is 0. The molecule has 1 fully saturated rings. The smallest absolute Gasteiger partial charge is 0.331 e. The molecule has 0 radical (unpaired) electrons. The standard InChI is InChI=1S/C10H13FN6O4/c1-16-5(12)2-3-17(9(16)20)8-6(11)7(19)10(4-18,21-8)14-15-13/h2-3,6-8,12,18-19H,4H2,1H3/t6-,7+,8-,10-/m1/s1. The maximum Gasteiger partial charge on any atom is 0.331 e. The van der Waals surface area contributed by atoms with Crippen LogP contribution in [0.5, 0.6) is 0 Å². The van der Waals surface area contributed by atoms with Crippen LogP contribution < -0.4 is 11.2 Å². The zero-order valence-electron chi connectivity index (χ0n) is 10.9. The van der Waals surface area contributed by atoms with Gasteiger partial charge in [0.25, 0.3) is 0 Å². The van der Waals surface area contributed by atoms with E-state index in [1.54, 1.807) is 0 Å². The van der Waals surface area contributed by atoms with E-state index >= 15 is 0 Å². The summed E-state index contributed by atoms with van der Waals surface area (Å²) in [7, 11) is 1.31. The Morgan fingerprint density at radius 3 is 2.95 bits per heavy atom. The van der Waals surface area contributed by atoms with Gasteiger partial charge < -0.3 is 14.9 Å². The molecule has 0 bridgehead atoms. The van der Waals surface area contributed by atoms with Gasteiger partial charge in [0.1, 0.15) is 11.6 Å². The first-order chi connectivity index (χ1) is 9.88. The van der Waals surface area contributed by atoms with Crippen LogP contribution in [0.1, 0.15) is 6.23 Å². The summed E-state index contributed by atoms with van der Waals surface area (Å²) in [6, 6.07) is 1.23. The fraction of sp³-hybridized carbons (Fsp3) is 0.600. The van der Waals surface area contributed by atoms with E-state index in [0.717, 1.165) is 15.3 Å². The molecule has 0 amide bonds. The molecule has 0 aliphatic carbocycles. The first kappa shape index (κ1) is 15.2. The third kappa shape index (κ3) is 2.21. The number of nitrogens with one attached hydrogen (secondary N) is 1. The van der Waals surface area contributed by atoms with Crippen molar-refractivity contribution in [2.75, 3.05) is 6.61 Å². The molecule has 10 nitrogen and oxygen atoms in total. The van der Waals surface area contributed by atoms with Gasteiger partial charge in [0.15, 0.2) is 12.4 Å². The molecule has 114 valence electrons. The van der Waals surface area contributed by atoms with E-state index in [2.05, 4.69) is 10.0 Å². The van der Waals surface area contributed by atoms with E-state index < -0.39 is 36.5 Å². The second kappa shape index (κ2) is 5.30. The largest absolute Gasteiger partial charge is 0.393 e. The van der Waals surface area contributed by atoms with Crippen LogP contribution in [0.4, 0.5) is 4.39 Å². The molecule has 4 atom stereocenters. The van der Waals surface area contributed by atoms with Gasteiger partial charge in [-0.25, -0.2) is 9.18 Å². The summed E-state index contributed by atoms with van der Waals surface area (Å²) in [4.78, 5) is 14.4. The SMILES string of the molecule is Cn1c(=N)ccn([C@@H]2O[C@@](CO)(N=[N+]=[N-])[C@@H](O)[C@H]2F)c1=O. The van der Waals surface area contributed by atoms with Gasteiger partial charge >= 0.3 is 5.69 Å². The molecule has 1 aliphatic rings. The number of alkyl halides is 1. The molecule has 1 aromatic heterocycles. The number of halogens is 1. The second-order valence-corrected chi connectivity index (χ2v) is 4.54. The summed E-state index contributed by atoms with van der Waals surface area (Å²) < 4.78 is 21.1. The summed E-state index contributed by atoms with van der Waals surface area (Å²) in [5, 5.41) is 29.6. The molecule has 2 rings (SSSR count). The second-order valence-electron chi connectivity index (χ2n) is 4.54. The molecule has 1 aliphatic heterocycles. The third-order valence-corrected chi connectivity index (χ3v) is 3.34. The van der Waals surface area contributed by atoms with Crippen LogP contribution in [0, 0.1) is 5.41 Å². The van der Waals surface area contributed by atoms with Crippen LogP contribution in [-0.2, 0) is 11.8 Å². The number of hydrogen-bond acceptors (Lipinski definition) is 6. The molecule has 0 aromatic carbocycles. The van der Waals surface area contributed by atoms with Crippen LogP contribution in [-0.4, -0.2) is 44.0 Å². The molecule has 21 heavy (non-hydrogen) atoms. The predicted molar refractivity (Wildman–Crippen MR) is 65.5 cm³/mol. The Balaban J connectivity index is 2.52. The number of rotatable bonds is 3. The van der Waals surface area contributed by atoms with E-state index in [1.807, 2.05) is 0 Å². The molecular formula is C10H13FN6O4. The fourth-order valence-corrected chi connectivity index (χ4v) is 2.08. The molecule has 2 heterocycles. The van der Waals surface area contributed by atoms with E-state index in [0.29, 0.717) is 0 Å². The zero-order valence-corrected chi connectivity index (χ0v) is 10.9. The van der Waals surface area contributed by atoms with E-state index in [4.69, 9.17) is 15.7 Å². The van der Waals surface area contributed by atoms with Crippen LogP contribution >= 0.6 is 0 Å². The van der Waals surface area contributed by atoms with Crippen molar-refractivity contribution in [3.05, 3.63) is 38.7 Å². The van der Waals surface area contributed by atoms with Crippen molar-refractivity contribution in [3.8, 4) is 0 Å². The number of nitrogens with zero attached hydrogens (tertiary/aromatic N) is 5. The number of ether oxygens (including phenoxy) is 1. The lowest BCUT2D eigenvalue weighted by molar-refractivity contribution is -0.124. The van der Waals surface area contributed by atoms with Crippen molar-refractivity contribution >= 4 is 0 Å². The lowest BCUT2D eigenvalue weighted by Gasteiger charge is -2.23. The first-order valence-corrected chi connectivity index (χ1v) is 5.88. The van der Waals surface area contributed by atoms with Gasteiger partial charge in [-0.05, 0) is 11.6 Å². The van der Waals surface area contributed by atoms with Gasteiger partial charge in [0, 0.05) is 18.2 Å². The molecule has 0 spiro atoms. The number of azide groups is 1. The highest BCUT2D eigenvalue weighted by Gasteiger charge is 2.56. The fourth-order valence-electron chi connectivity index (χ4n) is 2.08. The third-order valence-electron chi connectivity index (χ3n) is 3.34. The van der Waals surface area contributed by atoms with Crippen molar-refractivity contribution in [3.63, 3.8) is 0 Å². The van der Waals surface area contributed by atoms with E-state index in [1.165, 1.54) is 13.1 Å². The number of aromatic nitrogens is 2. The van der Waals surface area contributed by atoms with Crippen LogP contribution in [0.2, 0.25) is 0 Å². The highest BCUT2D eigenvalue weighted by Crippen LogP contribution is 2.39. The monoisotopic (exact) mass is 300 g/mol. The average molecular weight is 300 g/mol.